The monoisotopic (exact) mass is 239 g/mol. The molecule has 0 spiro atoms. The van der Waals surface area contributed by atoms with Crippen LogP contribution in [0.5, 0.6) is 11.5 Å². The summed E-state index contributed by atoms with van der Waals surface area (Å²) < 4.78 is 15.9. The average Bonchev–Trinajstić information content (AvgIpc) is 2.35. The first-order valence-corrected chi connectivity index (χ1v) is 5.60. The molecule has 0 amide bonds. The van der Waals surface area contributed by atoms with E-state index in [9.17, 15) is 0 Å². The van der Waals surface area contributed by atoms with Crippen molar-refractivity contribution in [3.05, 3.63) is 23.3 Å². The van der Waals surface area contributed by atoms with E-state index < -0.39 is 0 Å². The quantitative estimate of drug-likeness (QED) is 0.821. The van der Waals surface area contributed by atoms with Crippen molar-refractivity contribution in [1.29, 1.82) is 0 Å². The summed E-state index contributed by atoms with van der Waals surface area (Å²) in [6.07, 6.45) is 0. The van der Waals surface area contributed by atoms with Gasteiger partial charge in [-0.1, -0.05) is 6.07 Å². The van der Waals surface area contributed by atoms with Crippen LogP contribution in [0.2, 0.25) is 0 Å². The predicted octanol–water partition coefficient (Wildman–Crippen LogP) is 1.70. The van der Waals surface area contributed by atoms with Gasteiger partial charge >= 0.3 is 0 Å². The maximum absolute atomic E-state index is 5.77. The molecule has 0 fully saturated rings. The molecule has 4 nitrogen and oxygen atoms in total. The standard InChI is InChI=1S/C13H21NO3/c1-9-12(16-3)6-5-11(13(9)17-4)10(7-14)8-15-2/h5-6,10H,7-8,14H2,1-4H3. The minimum absolute atomic E-state index is 0.138. The highest BCUT2D eigenvalue weighted by Gasteiger charge is 2.18. The molecule has 96 valence electrons. The Kier molecular flexibility index (Phi) is 5.25. The maximum atomic E-state index is 5.77. The highest BCUT2D eigenvalue weighted by Crippen LogP contribution is 2.35. The Bertz CT molecular complexity index is 366. The second-order valence-corrected chi connectivity index (χ2v) is 3.90. The molecular formula is C13H21NO3. The van der Waals surface area contributed by atoms with Crippen LogP contribution >= 0.6 is 0 Å². The molecule has 0 aliphatic heterocycles. The summed E-state index contributed by atoms with van der Waals surface area (Å²) in [5.41, 5.74) is 7.82. The summed E-state index contributed by atoms with van der Waals surface area (Å²) in [5, 5.41) is 0. The van der Waals surface area contributed by atoms with Crippen LogP contribution in [0.15, 0.2) is 12.1 Å². The Morgan fingerprint density at radius 3 is 2.35 bits per heavy atom. The Morgan fingerprint density at radius 1 is 1.18 bits per heavy atom. The van der Waals surface area contributed by atoms with Gasteiger partial charge in [0.1, 0.15) is 11.5 Å². The lowest BCUT2D eigenvalue weighted by Gasteiger charge is -2.20. The van der Waals surface area contributed by atoms with Crippen LogP contribution in [-0.4, -0.2) is 34.5 Å². The lowest BCUT2D eigenvalue weighted by Crippen LogP contribution is -2.18. The zero-order valence-corrected chi connectivity index (χ0v) is 10.9. The van der Waals surface area contributed by atoms with Crippen LogP contribution in [0.3, 0.4) is 0 Å². The fourth-order valence-electron chi connectivity index (χ4n) is 1.99. The molecule has 1 atom stereocenters. The van der Waals surface area contributed by atoms with Crippen LogP contribution in [0, 0.1) is 6.92 Å². The molecule has 0 radical (unpaired) electrons. The van der Waals surface area contributed by atoms with Gasteiger partial charge in [-0.25, -0.2) is 0 Å². The Balaban J connectivity index is 3.18. The van der Waals surface area contributed by atoms with Gasteiger partial charge in [-0.2, -0.15) is 0 Å². The number of hydrogen-bond donors (Lipinski definition) is 1. The number of benzene rings is 1. The smallest absolute Gasteiger partial charge is 0.129 e. The fourth-order valence-corrected chi connectivity index (χ4v) is 1.99. The van der Waals surface area contributed by atoms with Crippen LogP contribution in [-0.2, 0) is 4.74 Å². The van der Waals surface area contributed by atoms with Crippen molar-refractivity contribution >= 4 is 0 Å². The van der Waals surface area contributed by atoms with Gasteiger partial charge in [-0.15, -0.1) is 0 Å². The molecule has 0 aliphatic carbocycles. The third-order valence-electron chi connectivity index (χ3n) is 2.90. The topological polar surface area (TPSA) is 53.7 Å². The minimum Gasteiger partial charge on any atom is -0.496 e. The van der Waals surface area contributed by atoms with Crippen molar-refractivity contribution < 1.29 is 14.2 Å². The van der Waals surface area contributed by atoms with E-state index in [4.69, 9.17) is 19.9 Å². The Labute approximate surface area is 103 Å². The lowest BCUT2D eigenvalue weighted by molar-refractivity contribution is 0.180. The third kappa shape index (κ3) is 2.90. The second kappa shape index (κ2) is 6.47. The van der Waals surface area contributed by atoms with Crippen LogP contribution < -0.4 is 15.2 Å². The lowest BCUT2D eigenvalue weighted by atomic mass is 9.96. The summed E-state index contributed by atoms with van der Waals surface area (Å²) in [5.74, 6) is 1.79. The van der Waals surface area contributed by atoms with Gasteiger partial charge in [-0.3, -0.25) is 0 Å². The molecule has 0 aromatic heterocycles. The number of ether oxygens (including phenoxy) is 3. The number of nitrogens with two attached hydrogens (primary N) is 1. The molecule has 4 heteroatoms. The molecular weight excluding hydrogens is 218 g/mol. The summed E-state index contributed by atoms with van der Waals surface area (Å²) in [7, 11) is 4.98. The number of methoxy groups -OCH3 is 3. The molecule has 2 N–H and O–H groups in total. The Hall–Kier alpha value is -1.26. The summed E-state index contributed by atoms with van der Waals surface area (Å²) in [4.78, 5) is 0. The molecule has 0 saturated carbocycles. The molecule has 0 bridgehead atoms. The van der Waals surface area contributed by atoms with Crippen molar-refractivity contribution in [1.82, 2.24) is 0 Å². The van der Waals surface area contributed by atoms with E-state index in [1.165, 1.54) is 0 Å². The van der Waals surface area contributed by atoms with E-state index in [0.717, 1.165) is 22.6 Å². The van der Waals surface area contributed by atoms with Crippen molar-refractivity contribution in [3.8, 4) is 11.5 Å². The van der Waals surface area contributed by atoms with Crippen molar-refractivity contribution in [3.63, 3.8) is 0 Å². The van der Waals surface area contributed by atoms with Crippen molar-refractivity contribution in [2.45, 2.75) is 12.8 Å². The number of hydrogen-bond acceptors (Lipinski definition) is 4. The van der Waals surface area contributed by atoms with Crippen molar-refractivity contribution in [2.24, 2.45) is 5.73 Å². The second-order valence-electron chi connectivity index (χ2n) is 3.90. The van der Waals surface area contributed by atoms with Crippen LogP contribution in [0.1, 0.15) is 17.0 Å². The molecule has 0 heterocycles. The normalized spacial score (nSPS) is 12.3. The van der Waals surface area contributed by atoms with E-state index in [-0.39, 0.29) is 5.92 Å². The van der Waals surface area contributed by atoms with Crippen LogP contribution in [0.25, 0.3) is 0 Å². The molecule has 1 aromatic carbocycles. The summed E-state index contributed by atoms with van der Waals surface area (Å²) in [6, 6.07) is 3.92. The van der Waals surface area contributed by atoms with Crippen LogP contribution in [0.4, 0.5) is 0 Å². The zero-order valence-electron chi connectivity index (χ0n) is 10.9. The largest absolute Gasteiger partial charge is 0.496 e. The van der Waals surface area contributed by atoms with E-state index in [2.05, 4.69) is 0 Å². The van der Waals surface area contributed by atoms with E-state index in [1.54, 1.807) is 21.3 Å². The van der Waals surface area contributed by atoms with Gasteiger partial charge in [0.05, 0.1) is 20.8 Å². The van der Waals surface area contributed by atoms with Gasteiger partial charge < -0.3 is 19.9 Å². The minimum atomic E-state index is 0.138. The third-order valence-corrected chi connectivity index (χ3v) is 2.90. The van der Waals surface area contributed by atoms with E-state index in [0.29, 0.717) is 13.2 Å². The average molecular weight is 239 g/mol. The molecule has 1 rings (SSSR count). The highest BCUT2D eigenvalue weighted by molar-refractivity contribution is 5.50. The SMILES string of the molecule is COCC(CN)c1ccc(OC)c(C)c1OC. The Morgan fingerprint density at radius 2 is 1.88 bits per heavy atom. The first kappa shape index (κ1) is 13.8. The number of rotatable bonds is 6. The van der Waals surface area contributed by atoms with Gasteiger partial charge in [0, 0.05) is 30.7 Å². The molecule has 0 aliphatic rings. The highest BCUT2D eigenvalue weighted by atomic mass is 16.5. The summed E-state index contributed by atoms with van der Waals surface area (Å²) in [6.45, 7) is 3.08. The fraction of sp³-hybridized carbons (Fsp3) is 0.538. The molecule has 1 aromatic rings. The van der Waals surface area contributed by atoms with E-state index >= 15 is 0 Å². The first-order chi connectivity index (χ1) is 8.19. The predicted molar refractivity (Wildman–Crippen MR) is 68.0 cm³/mol. The summed E-state index contributed by atoms with van der Waals surface area (Å²) >= 11 is 0. The van der Waals surface area contributed by atoms with Gasteiger partial charge in [0.2, 0.25) is 0 Å². The maximum Gasteiger partial charge on any atom is 0.129 e. The van der Waals surface area contributed by atoms with Gasteiger partial charge in [0.15, 0.2) is 0 Å². The first-order valence-electron chi connectivity index (χ1n) is 5.60. The zero-order chi connectivity index (χ0) is 12.8. The van der Waals surface area contributed by atoms with Gasteiger partial charge in [0.25, 0.3) is 0 Å². The molecule has 17 heavy (non-hydrogen) atoms. The molecule has 1 unspecified atom stereocenters. The van der Waals surface area contributed by atoms with Gasteiger partial charge in [-0.05, 0) is 13.0 Å². The van der Waals surface area contributed by atoms with Crippen molar-refractivity contribution in [2.75, 3.05) is 34.5 Å². The molecule has 0 saturated heterocycles. The van der Waals surface area contributed by atoms with E-state index in [1.807, 2.05) is 19.1 Å².